The molecule has 4 rings (SSSR count). The van der Waals surface area contributed by atoms with Crippen LogP contribution in [0.5, 0.6) is 0 Å². The molecule has 0 radical (unpaired) electrons. The van der Waals surface area contributed by atoms with Gasteiger partial charge in [-0.1, -0.05) is 23.5 Å². The van der Waals surface area contributed by atoms with E-state index in [1.165, 1.54) is 0 Å². The van der Waals surface area contributed by atoms with Crippen molar-refractivity contribution >= 4 is 38.4 Å². The van der Waals surface area contributed by atoms with E-state index in [-0.39, 0.29) is 11.8 Å². The average molecular weight is 352 g/mol. The lowest BCUT2D eigenvalue weighted by molar-refractivity contribution is -0.120. The highest BCUT2D eigenvalue weighted by atomic mass is 32.1. The number of benzene rings is 1. The first kappa shape index (κ1) is 16.0. The van der Waals surface area contributed by atoms with Crippen LogP contribution < -0.4 is 10.2 Å². The zero-order valence-corrected chi connectivity index (χ0v) is 14.9. The first-order valence-electron chi connectivity index (χ1n) is 8.53. The summed E-state index contributed by atoms with van der Waals surface area (Å²) in [4.78, 5) is 24.9. The Kier molecular flexibility index (Phi) is 4.36. The maximum atomic E-state index is 12.7. The maximum absolute atomic E-state index is 12.7. The number of fused-ring (bicyclic) bond motifs is 1. The fourth-order valence-electron chi connectivity index (χ4n) is 3.23. The number of thiazole rings is 1. The third-order valence-corrected chi connectivity index (χ3v) is 5.54. The minimum Gasteiger partial charge on any atom is -0.347 e. The van der Waals surface area contributed by atoms with Crippen molar-refractivity contribution in [3.05, 3.63) is 48.2 Å². The predicted molar refractivity (Wildman–Crippen MR) is 102 cm³/mol. The summed E-state index contributed by atoms with van der Waals surface area (Å²) in [7, 11) is 0. The van der Waals surface area contributed by atoms with E-state index in [2.05, 4.69) is 20.2 Å². The second-order valence-electron chi connectivity index (χ2n) is 6.47. The number of rotatable bonds is 3. The van der Waals surface area contributed by atoms with E-state index >= 15 is 0 Å². The molecule has 128 valence electrons. The highest BCUT2D eigenvalue weighted by Crippen LogP contribution is 2.30. The highest BCUT2D eigenvalue weighted by molar-refractivity contribution is 7.21. The van der Waals surface area contributed by atoms with Gasteiger partial charge in [0.2, 0.25) is 5.91 Å². The van der Waals surface area contributed by atoms with Crippen LogP contribution in [0, 0.1) is 12.8 Å². The van der Waals surface area contributed by atoms with E-state index in [0.717, 1.165) is 46.1 Å². The SMILES string of the molecule is Cc1cccc(NC(=O)[C@H]2CCCN(c3nc4cccnc4s3)C2)c1. The molecule has 0 aliphatic carbocycles. The molecule has 0 saturated carbocycles. The van der Waals surface area contributed by atoms with Crippen molar-refractivity contribution in [3.63, 3.8) is 0 Å². The third-order valence-electron chi connectivity index (χ3n) is 4.50. The fourth-order valence-corrected chi connectivity index (χ4v) is 4.17. The zero-order valence-electron chi connectivity index (χ0n) is 14.1. The minimum absolute atomic E-state index is 0.0192. The molecule has 1 aliphatic heterocycles. The number of hydrogen-bond acceptors (Lipinski definition) is 5. The summed E-state index contributed by atoms with van der Waals surface area (Å²) in [6.07, 6.45) is 3.70. The summed E-state index contributed by atoms with van der Waals surface area (Å²) >= 11 is 1.60. The van der Waals surface area contributed by atoms with Gasteiger partial charge in [-0.2, -0.15) is 0 Å². The Labute approximate surface area is 150 Å². The van der Waals surface area contributed by atoms with Gasteiger partial charge in [-0.15, -0.1) is 0 Å². The van der Waals surface area contributed by atoms with Gasteiger partial charge < -0.3 is 10.2 Å². The lowest BCUT2D eigenvalue weighted by Crippen LogP contribution is -2.40. The number of nitrogens with zero attached hydrogens (tertiary/aromatic N) is 3. The van der Waals surface area contributed by atoms with E-state index in [1.54, 1.807) is 17.5 Å². The first-order valence-corrected chi connectivity index (χ1v) is 9.35. The van der Waals surface area contributed by atoms with Gasteiger partial charge >= 0.3 is 0 Å². The van der Waals surface area contributed by atoms with E-state index in [9.17, 15) is 4.79 Å². The average Bonchev–Trinajstić information content (AvgIpc) is 3.06. The van der Waals surface area contributed by atoms with Crippen molar-refractivity contribution < 1.29 is 4.79 Å². The van der Waals surface area contributed by atoms with Gasteiger partial charge in [-0.05, 0) is 49.6 Å². The first-order chi connectivity index (χ1) is 12.2. The van der Waals surface area contributed by atoms with Crippen molar-refractivity contribution in [2.45, 2.75) is 19.8 Å². The van der Waals surface area contributed by atoms with Gasteiger partial charge in [0, 0.05) is 25.0 Å². The van der Waals surface area contributed by atoms with Gasteiger partial charge in [-0.3, -0.25) is 4.79 Å². The Hall–Kier alpha value is -2.47. The standard InChI is InChI=1S/C19H20N4OS/c1-13-5-2-7-15(11-13)21-17(24)14-6-4-10-23(12-14)19-22-16-8-3-9-20-18(16)25-19/h2-3,5,7-9,11,14H,4,6,10,12H2,1H3,(H,21,24)/t14-/m0/s1. The molecule has 1 saturated heterocycles. The lowest BCUT2D eigenvalue weighted by atomic mass is 9.97. The molecule has 6 heteroatoms. The Morgan fingerprint density at radius 1 is 1.32 bits per heavy atom. The van der Waals surface area contributed by atoms with Gasteiger partial charge in [0.05, 0.1) is 5.92 Å². The molecule has 0 bridgehead atoms. The van der Waals surface area contributed by atoms with Crippen LogP contribution >= 0.6 is 11.3 Å². The monoisotopic (exact) mass is 352 g/mol. The van der Waals surface area contributed by atoms with Gasteiger partial charge in [0.15, 0.2) is 5.13 Å². The number of hydrogen-bond donors (Lipinski definition) is 1. The molecule has 3 aromatic rings. The topological polar surface area (TPSA) is 58.1 Å². The van der Waals surface area contributed by atoms with Crippen LogP contribution in [0.15, 0.2) is 42.6 Å². The third kappa shape index (κ3) is 3.49. The second kappa shape index (κ2) is 6.80. The van der Waals surface area contributed by atoms with Crippen LogP contribution in [0.3, 0.4) is 0 Å². The van der Waals surface area contributed by atoms with Crippen LogP contribution in [0.25, 0.3) is 10.3 Å². The number of amides is 1. The quantitative estimate of drug-likeness (QED) is 0.778. The molecule has 0 spiro atoms. The summed E-state index contributed by atoms with van der Waals surface area (Å²) in [6, 6.07) is 11.8. The number of aryl methyl sites for hydroxylation is 1. The van der Waals surface area contributed by atoms with Gasteiger partial charge in [-0.25, -0.2) is 9.97 Å². The molecule has 2 aromatic heterocycles. The molecule has 1 amide bonds. The number of piperidine rings is 1. The smallest absolute Gasteiger partial charge is 0.229 e. The van der Waals surface area contributed by atoms with Crippen LogP contribution in [0.4, 0.5) is 10.8 Å². The Morgan fingerprint density at radius 3 is 3.08 bits per heavy atom. The van der Waals surface area contributed by atoms with E-state index in [0.29, 0.717) is 6.54 Å². The van der Waals surface area contributed by atoms with Crippen molar-refractivity contribution in [3.8, 4) is 0 Å². The number of nitrogens with one attached hydrogen (secondary N) is 1. The molecule has 1 aliphatic rings. The van der Waals surface area contributed by atoms with Crippen LogP contribution in [-0.2, 0) is 4.79 Å². The van der Waals surface area contributed by atoms with Gasteiger partial charge in [0.25, 0.3) is 0 Å². The van der Waals surface area contributed by atoms with E-state index < -0.39 is 0 Å². The van der Waals surface area contributed by atoms with Crippen molar-refractivity contribution in [1.82, 2.24) is 9.97 Å². The molecule has 1 N–H and O–H groups in total. The molecular formula is C19H20N4OS. The molecule has 25 heavy (non-hydrogen) atoms. The number of pyridine rings is 1. The van der Waals surface area contributed by atoms with Crippen molar-refractivity contribution in [1.29, 1.82) is 0 Å². The number of aromatic nitrogens is 2. The Bertz CT molecular complexity index is 874. The molecule has 5 nitrogen and oxygen atoms in total. The maximum Gasteiger partial charge on any atom is 0.229 e. The summed E-state index contributed by atoms with van der Waals surface area (Å²) in [5.41, 5.74) is 2.94. The predicted octanol–water partition coefficient (Wildman–Crippen LogP) is 3.85. The Morgan fingerprint density at radius 2 is 2.24 bits per heavy atom. The number of carbonyl (C=O) groups is 1. The fraction of sp³-hybridized carbons (Fsp3) is 0.316. The summed E-state index contributed by atoms with van der Waals surface area (Å²) < 4.78 is 0. The highest BCUT2D eigenvalue weighted by Gasteiger charge is 2.27. The molecule has 1 fully saturated rings. The van der Waals surface area contributed by atoms with Crippen molar-refractivity contribution in [2.24, 2.45) is 5.92 Å². The molecule has 1 atom stereocenters. The van der Waals surface area contributed by atoms with Crippen LogP contribution in [-0.4, -0.2) is 29.0 Å². The molecule has 3 heterocycles. The molecule has 1 aromatic carbocycles. The normalized spacial score (nSPS) is 17.6. The van der Waals surface area contributed by atoms with E-state index in [4.69, 9.17) is 0 Å². The lowest BCUT2D eigenvalue weighted by Gasteiger charge is -2.31. The summed E-state index contributed by atoms with van der Waals surface area (Å²) in [5, 5.41) is 4.02. The molecule has 0 unspecified atom stereocenters. The van der Waals surface area contributed by atoms with Crippen LogP contribution in [0.1, 0.15) is 18.4 Å². The zero-order chi connectivity index (χ0) is 17.2. The van der Waals surface area contributed by atoms with Crippen molar-refractivity contribution in [2.75, 3.05) is 23.3 Å². The van der Waals surface area contributed by atoms with Crippen LogP contribution in [0.2, 0.25) is 0 Å². The minimum atomic E-state index is -0.0192. The summed E-state index contributed by atoms with van der Waals surface area (Å²) in [5.74, 6) is 0.0729. The summed E-state index contributed by atoms with van der Waals surface area (Å²) in [6.45, 7) is 3.67. The van der Waals surface area contributed by atoms with Gasteiger partial charge in [0.1, 0.15) is 10.3 Å². The number of anilines is 2. The second-order valence-corrected chi connectivity index (χ2v) is 7.42. The molecular weight excluding hydrogens is 332 g/mol. The number of carbonyl (C=O) groups excluding carboxylic acids is 1. The van der Waals surface area contributed by atoms with E-state index in [1.807, 2.05) is 43.3 Å². The Balaban J connectivity index is 1.47. The largest absolute Gasteiger partial charge is 0.347 e.